The highest BCUT2D eigenvalue weighted by Gasteiger charge is 2.26. The maximum absolute atomic E-state index is 11.8. The molecule has 30 heavy (non-hydrogen) atoms. The first-order chi connectivity index (χ1) is 14.7. The Bertz CT molecular complexity index is 1270. The normalized spacial score (nSPS) is 12.0. The molecule has 1 aliphatic rings. The van der Waals surface area contributed by atoms with Gasteiger partial charge in [0.15, 0.2) is 17.2 Å². The van der Waals surface area contributed by atoms with Gasteiger partial charge in [0, 0.05) is 23.3 Å². The van der Waals surface area contributed by atoms with Crippen LogP contribution in [0, 0.1) is 10.1 Å². The van der Waals surface area contributed by atoms with Crippen LogP contribution in [0.15, 0.2) is 61.1 Å². The van der Waals surface area contributed by atoms with Crippen LogP contribution in [0.5, 0.6) is 23.1 Å². The number of pyridine rings is 1. The average molecular weight is 403 g/mol. The summed E-state index contributed by atoms with van der Waals surface area (Å²) < 4.78 is 16.4. The Morgan fingerprint density at radius 2 is 1.90 bits per heavy atom. The summed E-state index contributed by atoms with van der Waals surface area (Å²) in [6.07, 6.45) is 2.81. The number of ether oxygens (including phenoxy) is 3. The number of para-hydroxylation sites is 1. The van der Waals surface area contributed by atoms with Crippen molar-refractivity contribution >= 4 is 28.1 Å². The van der Waals surface area contributed by atoms with Gasteiger partial charge in [0.2, 0.25) is 12.6 Å². The number of benzene rings is 2. The fourth-order valence-corrected chi connectivity index (χ4v) is 3.07. The predicted octanol–water partition coefficient (Wildman–Crippen LogP) is 4.20. The molecule has 2 aromatic carbocycles. The number of nitro groups is 1. The molecule has 1 N–H and O–H groups in total. The van der Waals surface area contributed by atoms with Gasteiger partial charge in [0.1, 0.15) is 11.8 Å². The Morgan fingerprint density at radius 1 is 1.03 bits per heavy atom. The molecular formula is C20H13N5O5. The Kier molecular flexibility index (Phi) is 4.21. The van der Waals surface area contributed by atoms with Crippen LogP contribution < -0.4 is 19.5 Å². The number of nitrogens with one attached hydrogen (secondary N) is 1. The maximum Gasteiger partial charge on any atom is 0.373 e. The number of fused-ring (bicyclic) bond motifs is 2. The van der Waals surface area contributed by atoms with Crippen LogP contribution in [0.4, 0.5) is 17.2 Å². The van der Waals surface area contributed by atoms with Crippen LogP contribution in [0.3, 0.4) is 0 Å². The van der Waals surface area contributed by atoms with Crippen LogP contribution in [-0.4, -0.2) is 26.7 Å². The van der Waals surface area contributed by atoms with E-state index in [0.717, 1.165) is 5.39 Å². The second kappa shape index (κ2) is 7.17. The van der Waals surface area contributed by atoms with E-state index in [-0.39, 0.29) is 18.5 Å². The fraction of sp³-hybridized carbons (Fsp3) is 0.0500. The lowest BCUT2D eigenvalue weighted by Gasteiger charge is -2.10. The lowest BCUT2D eigenvalue weighted by molar-refractivity contribution is -0.385. The molecule has 3 heterocycles. The Labute approximate surface area is 169 Å². The van der Waals surface area contributed by atoms with Crippen molar-refractivity contribution in [1.82, 2.24) is 15.0 Å². The smallest absolute Gasteiger partial charge is 0.373 e. The van der Waals surface area contributed by atoms with Gasteiger partial charge in [-0.1, -0.05) is 18.2 Å². The van der Waals surface area contributed by atoms with Crippen LogP contribution in [0.1, 0.15) is 0 Å². The molecule has 5 rings (SSSR count). The van der Waals surface area contributed by atoms with Crippen molar-refractivity contribution in [3.05, 3.63) is 71.2 Å². The molecule has 0 saturated carbocycles. The van der Waals surface area contributed by atoms with Crippen LogP contribution in [0.2, 0.25) is 0 Å². The van der Waals surface area contributed by atoms with E-state index in [1.54, 1.807) is 42.6 Å². The lowest BCUT2D eigenvalue weighted by atomic mass is 10.2. The number of hydrogen-bond donors (Lipinski definition) is 1. The monoisotopic (exact) mass is 403 g/mol. The largest absolute Gasteiger partial charge is 0.454 e. The van der Waals surface area contributed by atoms with Crippen molar-refractivity contribution in [2.75, 3.05) is 12.1 Å². The third kappa shape index (κ3) is 3.15. The number of anilines is 2. The highest BCUT2D eigenvalue weighted by molar-refractivity contribution is 5.84. The number of aromatic nitrogens is 3. The molecule has 0 atom stereocenters. The molecule has 0 saturated heterocycles. The summed E-state index contributed by atoms with van der Waals surface area (Å²) in [6.45, 7) is 0.128. The van der Waals surface area contributed by atoms with Gasteiger partial charge in [-0.3, -0.25) is 15.1 Å². The highest BCUT2D eigenvalue weighted by atomic mass is 16.7. The quantitative estimate of drug-likeness (QED) is 0.386. The van der Waals surface area contributed by atoms with E-state index in [2.05, 4.69) is 20.3 Å². The topological polar surface area (TPSA) is 122 Å². The molecule has 10 nitrogen and oxygen atoms in total. The summed E-state index contributed by atoms with van der Waals surface area (Å²) in [4.78, 5) is 23.5. The molecule has 0 fully saturated rings. The predicted molar refractivity (Wildman–Crippen MR) is 106 cm³/mol. The van der Waals surface area contributed by atoms with Crippen LogP contribution >= 0.6 is 0 Å². The van der Waals surface area contributed by atoms with Gasteiger partial charge in [-0.05, 0) is 24.3 Å². The van der Waals surface area contributed by atoms with Crippen molar-refractivity contribution in [3.8, 4) is 23.1 Å². The molecule has 0 amide bonds. The van der Waals surface area contributed by atoms with Crippen molar-refractivity contribution in [2.24, 2.45) is 0 Å². The summed E-state index contributed by atoms with van der Waals surface area (Å²) >= 11 is 0. The molecule has 0 spiro atoms. The lowest BCUT2D eigenvalue weighted by Crippen LogP contribution is -2.03. The van der Waals surface area contributed by atoms with Gasteiger partial charge in [0.25, 0.3) is 0 Å². The number of nitrogens with zero attached hydrogens (tertiary/aromatic N) is 4. The second-order valence-corrected chi connectivity index (χ2v) is 6.26. The molecule has 0 bridgehead atoms. The van der Waals surface area contributed by atoms with E-state index in [1.165, 1.54) is 6.33 Å². The average Bonchev–Trinajstić information content (AvgIpc) is 3.22. The van der Waals surface area contributed by atoms with Gasteiger partial charge in [-0.25, -0.2) is 4.98 Å². The molecule has 2 aromatic heterocycles. The number of hydrogen-bond acceptors (Lipinski definition) is 9. The van der Waals surface area contributed by atoms with Gasteiger partial charge in [-0.15, -0.1) is 0 Å². The van der Waals surface area contributed by atoms with E-state index in [4.69, 9.17) is 14.2 Å². The Morgan fingerprint density at radius 3 is 2.80 bits per heavy atom. The first-order valence-electron chi connectivity index (χ1n) is 8.87. The summed E-state index contributed by atoms with van der Waals surface area (Å²) in [6, 6.07) is 14.1. The van der Waals surface area contributed by atoms with E-state index in [0.29, 0.717) is 28.5 Å². The summed E-state index contributed by atoms with van der Waals surface area (Å²) in [7, 11) is 0. The van der Waals surface area contributed by atoms with Crippen molar-refractivity contribution < 1.29 is 19.1 Å². The molecular weight excluding hydrogens is 390 g/mol. The van der Waals surface area contributed by atoms with Crippen LogP contribution in [-0.2, 0) is 0 Å². The minimum atomic E-state index is -0.594. The third-order valence-corrected chi connectivity index (χ3v) is 4.41. The SMILES string of the molecule is O=[N+]([O-])c1c(Nc2ccc3c(c2)OCO3)ncnc1Oc1cccc2cccnc12. The van der Waals surface area contributed by atoms with Crippen LogP contribution in [0.25, 0.3) is 10.9 Å². The summed E-state index contributed by atoms with van der Waals surface area (Å²) in [5, 5.41) is 15.6. The maximum atomic E-state index is 11.8. The molecule has 1 aliphatic heterocycles. The van der Waals surface area contributed by atoms with E-state index in [1.807, 2.05) is 12.1 Å². The zero-order valence-corrected chi connectivity index (χ0v) is 15.3. The van der Waals surface area contributed by atoms with E-state index >= 15 is 0 Å². The molecule has 4 aromatic rings. The molecule has 0 radical (unpaired) electrons. The van der Waals surface area contributed by atoms with Crippen molar-refractivity contribution in [2.45, 2.75) is 0 Å². The van der Waals surface area contributed by atoms with Crippen molar-refractivity contribution in [1.29, 1.82) is 0 Å². The zero-order chi connectivity index (χ0) is 20.5. The van der Waals surface area contributed by atoms with E-state index < -0.39 is 10.6 Å². The van der Waals surface area contributed by atoms with Gasteiger partial charge in [0.05, 0.1) is 4.92 Å². The highest BCUT2D eigenvalue weighted by Crippen LogP contribution is 2.39. The minimum absolute atomic E-state index is 0.0166. The minimum Gasteiger partial charge on any atom is -0.454 e. The first kappa shape index (κ1) is 17.6. The van der Waals surface area contributed by atoms with Gasteiger partial charge in [-0.2, -0.15) is 4.98 Å². The molecule has 0 aliphatic carbocycles. The van der Waals surface area contributed by atoms with E-state index in [9.17, 15) is 10.1 Å². The van der Waals surface area contributed by atoms with Gasteiger partial charge >= 0.3 is 11.6 Å². The molecule has 148 valence electrons. The third-order valence-electron chi connectivity index (χ3n) is 4.41. The second-order valence-electron chi connectivity index (χ2n) is 6.26. The summed E-state index contributed by atoms with van der Waals surface area (Å²) in [5.41, 5.74) is 0.708. The first-order valence-corrected chi connectivity index (χ1v) is 8.87. The van der Waals surface area contributed by atoms with Gasteiger partial charge < -0.3 is 19.5 Å². The molecule has 10 heteroatoms. The standard InChI is InChI=1S/C20H13N5O5/c26-25(27)18-19(24-13-6-7-14-16(9-13)29-11-28-14)22-10-23-20(18)30-15-5-1-3-12-4-2-8-21-17(12)15/h1-10H,11H2,(H,22,23,24). The zero-order valence-electron chi connectivity index (χ0n) is 15.3. The Balaban J connectivity index is 1.53. The van der Waals surface area contributed by atoms with Crippen molar-refractivity contribution in [3.63, 3.8) is 0 Å². The number of rotatable bonds is 5. The summed E-state index contributed by atoms with van der Waals surface area (Å²) in [5.74, 6) is 1.28. The molecule has 0 unspecified atom stereocenters. The Hall–Kier alpha value is -4.47. The fourth-order valence-electron chi connectivity index (χ4n) is 3.07.